The maximum Gasteiger partial charge on any atom is 0.433 e. The van der Waals surface area contributed by atoms with Gasteiger partial charge in [0.15, 0.2) is 0 Å². The second kappa shape index (κ2) is 6.27. The van der Waals surface area contributed by atoms with Gasteiger partial charge in [0.05, 0.1) is 12.6 Å². The van der Waals surface area contributed by atoms with Crippen LogP contribution in [0.15, 0.2) is 40.8 Å². The van der Waals surface area contributed by atoms with Gasteiger partial charge in [0.2, 0.25) is 0 Å². The lowest BCUT2D eigenvalue weighted by Gasteiger charge is -2.31. The van der Waals surface area contributed by atoms with E-state index in [4.69, 9.17) is 4.42 Å². The number of hydrogen-bond acceptors (Lipinski definition) is 4. The minimum Gasteiger partial charge on any atom is -0.404 e. The quantitative estimate of drug-likeness (QED) is 0.638. The molecule has 5 nitrogen and oxygen atoms in total. The highest BCUT2D eigenvalue weighted by Crippen LogP contribution is 2.29. The fourth-order valence-electron chi connectivity index (χ4n) is 2.93. The zero-order valence-corrected chi connectivity index (χ0v) is 12.1. The largest absolute Gasteiger partial charge is 0.433 e. The molecular weight excluding hydrogens is 287 g/mol. The van der Waals surface area contributed by atoms with Crippen LogP contribution in [0.3, 0.4) is 0 Å². The van der Waals surface area contributed by atoms with Crippen LogP contribution in [-0.4, -0.2) is 22.9 Å². The number of piperidine rings is 1. The van der Waals surface area contributed by atoms with Gasteiger partial charge in [0, 0.05) is 0 Å². The summed E-state index contributed by atoms with van der Waals surface area (Å²) >= 11 is 0. The first-order valence-corrected chi connectivity index (χ1v) is 7.33. The molecule has 0 radical (unpaired) electrons. The highest BCUT2D eigenvalue weighted by molar-refractivity contribution is 5.21. The monoisotopic (exact) mass is 304 g/mol. The Morgan fingerprint density at radius 1 is 1.18 bits per heavy atom. The van der Waals surface area contributed by atoms with Crippen LogP contribution in [-0.2, 0) is 6.54 Å². The molecule has 2 aromatic rings. The molecule has 2 heterocycles. The number of hydrogen-bond donors (Lipinski definition) is 0. The highest BCUT2D eigenvalue weighted by atomic mass is 19.1. The molecule has 0 bridgehead atoms. The molecule has 1 fully saturated rings. The molecule has 0 unspecified atom stereocenters. The molecule has 0 saturated carbocycles. The zero-order valence-electron chi connectivity index (χ0n) is 12.1. The second-order valence-corrected chi connectivity index (χ2v) is 5.60. The van der Waals surface area contributed by atoms with E-state index in [2.05, 4.69) is 4.90 Å². The van der Waals surface area contributed by atoms with Crippen molar-refractivity contribution in [2.75, 3.05) is 13.1 Å². The minimum atomic E-state index is -0.524. The summed E-state index contributed by atoms with van der Waals surface area (Å²) in [6.07, 6.45) is 1.99. The molecule has 0 amide bonds. The van der Waals surface area contributed by atoms with Crippen LogP contribution in [0.4, 0.5) is 10.3 Å². The maximum absolute atomic E-state index is 13.0. The Balaban J connectivity index is 1.55. The van der Waals surface area contributed by atoms with Crippen LogP contribution in [0, 0.1) is 15.9 Å². The normalized spacial score (nSPS) is 16.8. The van der Waals surface area contributed by atoms with E-state index in [0.29, 0.717) is 18.2 Å². The molecule has 0 atom stereocenters. The van der Waals surface area contributed by atoms with Crippen molar-refractivity contribution in [1.29, 1.82) is 0 Å². The summed E-state index contributed by atoms with van der Waals surface area (Å²) in [5, 5.41) is 10.6. The van der Waals surface area contributed by atoms with Gasteiger partial charge in [-0.05, 0) is 55.6 Å². The summed E-state index contributed by atoms with van der Waals surface area (Å²) in [6, 6.07) is 9.76. The SMILES string of the molecule is O=[N+]([O-])c1ccc(CN2CCC(c3ccc(F)cc3)CC2)o1. The molecule has 1 aliphatic rings. The van der Waals surface area contributed by atoms with Crippen LogP contribution in [0.25, 0.3) is 0 Å². The van der Waals surface area contributed by atoms with Crippen molar-refractivity contribution in [1.82, 2.24) is 4.90 Å². The predicted octanol–water partition coefficient (Wildman–Crippen LogP) is 3.71. The molecule has 0 spiro atoms. The highest BCUT2D eigenvalue weighted by Gasteiger charge is 2.22. The molecule has 1 aromatic carbocycles. The molecule has 0 aliphatic carbocycles. The van der Waals surface area contributed by atoms with Crippen molar-refractivity contribution in [3.63, 3.8) is 0 Å². The van der Waals surface area contributed by atoms with Crippen molar-refractivity contribution < 1.29 is 13.7 Å². The van der Waals surface area contributed by atoms with Crippen LogP contribution < -0.4 is 0 Å². The number of rotatable bonds is 4. The molecule has 22 heavy (non-hydrogen) atoms. The Morgan fingerprint density at radius 3 is 2.45 bits per heavy atom. The van der Waals surface area contributed by atoms with Gasteiger partial charge in [-0.2, -0.15) is 0 Å². The summed E-state index contributed by atoms with van der Waals surface area (Å²) < 4.78 is 18.1. The Bertz CT molecular complexity index is 646. The van der Waals surface area contributed by atoms with E-state index in [1.807, 2.05) is 12.1 Å². The van der Waals surface area contributed by atoms with Crippen LogP contribution >= 0.6 is 0 Å². The molecule has 0 N–H and O–H groups in total. The smallest absolute Gasteiger partial charge is 0.404 e. The topological polar surface area (TPSA) is 59.5 Å². The Hall–Kier alpha value is -2.21. The summed E-state index contributed by atoms with van der Waals surface area (Å²) in [4.78, 5) is 12.3. The first-order valence-electron chi connectivity index (χ1n) is 7.33. The van der Waals surface area contributed by atoms with Crippen LogP contribution in [0.1, 0.15) is 30.1 Å². The molecule has 6 heteroatoms. The predicted molar refractivity (Wildman–Crippen MR) is 79.0 cm³/mol. The summed E-state index contributed by atoms with van der Waals surface area (Å²) in [7, 11) is 0. The summed E-state index contributed by atoms with van der Waals surface area (Å²) in [5.74, 6) is 0.645. The third kappa shape index (κ3) is 3.33. The maximum atomic E-state index is 13.0. The standard InChI is InChI=1S/C16H17FN2O3/c17-14-3-1-12(2-4-14)13-7-9-18(10-8-13)11-15-5-6-16(22-15)19(20)21/h1-6,13H,7-11H2. The van der Waals surface area contributed by atoms with Gasteiger partial charge < -0.3 is 4.42 Å². The first-order chi connectivity index (χ1) is 10.6. The van der Waals surface area contributed by atoms with Gasteiger partial charge in [0.1, 0.15) is 16.5 Å². The van der Waals surface area contributed by atoms with Gasteiger partial charge in [-0.25, -0.2) is 4.39 Å². The van der Waals surface area contributed by atoms with Crippen molar-refractivity contribution in [3.05, 3.63) is 63.7 Å². The van der Waals surface area contributed by atoms with E-state index in [0.717, 1.165) is 25.9 Å². The third-order valence-corrected chi connectivity index (χ3v) is 4.14. The van der Waals surface area contributed by atoms with Gasteiger partial charge in [-0.1, -0.05) is 12.1 Å². The fourth-order valence-corrected chi connectivity index (χ4v) is 2.93. The first kappa shape index (κ1) is 14.7. The molecular formula is C16H17FN2O3. The van der Waals surface area contributed by atoms with Gasteiger partial charge in [-0.15, -0.1) is 0 Å². The van der Waals surface area contributed by atoms with Crippen molar-refractivity contribution in [3.8, 4) is 0 Å². The lowest BCUT2D eigenvalue weighted by molar-refractivity contribution is -0.402. The average Bonchev–Trinajstić information content (AvgIpc) is 2.98. The van der Waals surface area contributed by atoms with Crippen molar-refractivity contribution in [2.45, 2.75) is 25.3 Å². The third-order valence-electron chi connectivity index (χ3n) is 4.14. The lowest BCUT2D eigenvalue weighted by Crippen LogP contribution is -2.32. The van der Waals surface area contributed by atoms with Crippen molar-refractivity contribution in [2.24, 2.45) is 0 Å². The van der Waals surface area contributed by atoms with Crippen LogP contribution in [0.2, 0.25) is 0 Å². The fraction of sp³-hybridized carbons (Fsp3) is 0.375. The Kier molecular flexibility index (Phi) is 4.20. The minimum absolute atomic E-state index is 0.208. The Morgan fingerprint density at radius 2 is 1.86 bits per heavy atom. The van der Waals surface area contributed by atoms with E-state index in [1.54, 1.807) is 6.07 Å². The summed E-state index contributed by atoms with van der Waals surface area (Å²) in [6.45, 7) is 2.39. The number of nitro groups is 1. The molecule has 3 rings (SSSR count). The van der Waals surface area contributed by atoms with E-state index < -0.39 is 4.92 Å². The van der Waals surface area contributed by atoms with Crippen LogP contribution in [0.5, 0.6) is 0 Å². The lowest BCUT2D eigenvalue weighted by atomic mass is 9.89. The van der Waals surface area contributed by atoms with Crippen molar-refractivity contribution >= 4 is 5.88 Å². The van der Waals surface area contributed by atoms with E-state index in [9.17, 15) is 14.5 Å². The molecule has 1 saturated heterocycles. The van der Waals surface area contributed by atoms with Gasteiger partial charge >= 0.3 is 5.88 Å². The molecule has 116 valence electrons. The number of halogens is 1. The summed E-state index contributed by atoms with van der Waals surface area (Å²) in [5.41, 5.74) is 1.18. The number of nitrogens with zero attached hydrogens (tertiary/aromatic N) is 2. The van der Waals surface area contributed by atoms with Gasteiger partial charge in [-0.3, -0.25) is 15.0 Å². The van der Waals surface area contributed by atoms with E-state index in [-0.39, 0.29) is 11.7 Å². The van der Waals surface area contributed by atoms with E-state index >= 15 is 0 Å². The van der Waals surface area contributed by atoms with Gasteiger partial charge in [0.25, 0.3) is 0 Å². The zero-order chi connectivity index (χ0) is 15.5. The number of likely N-dealkylation sites (tertiary alicyclic amines) is 1. The average molecular weight is 304 g/mol. The Labute approximate surface area is 127 Å². The number of furan rings is 1. The second-order valence-electron chi connectivity index (χ2n) is 5.60. The van der Waals surface area contributed by atoms with E-state index in [1.165, 1.54) is 23.8 Å². The molecule has 1 aliphatic heterocycles. The number of benzene rings is 1. The molecule has 1 aromatic heterocycles.